The molecule has 1 N–H and O–H groups in total. The highest BCUT2D eigenvalue weighted by Gasteiger charge is 2.38. The summed E-state index contributed by atoms with van der Waals surface area (Å²) in [5.41, 5.74) is 0.974. The molecule has 2 aromatic rings. The van der Waals surface area contributed by atoms with Gasteiger partial charge in [-0.3, -0.25) is 14.4 Å². The van der Waals surface area contributed by atoms with Crippen LogP contribution >= 0.6 is 11.8 Å². The van der Waals surface area contributed by atoms with Crippen molar-refractivity contribution in [3.8, 4) is 0 Å². The van der Waals surface area contributed by atoms with Crippen LogP contribution in [0.15, 0.2) is 58.3 Å². The first kappa shape index (κ1) is 24.9. The Kier molecular flexibility index (Phi) is 8.28. The number of hydrogen-bond donors (Lipinski definition) is 1. The molecule has 10 heteroatoms. The van der Waals surface area contributed by atoms with Gasteiger partial charge < -0.3 is 10.1 Å². The summed E-state index contributed by atoms with van der Waals surface area (Å²) >= 11 is 1.58. The monoisotopic (exact) mass is 490 g/mol. The maximum atomic E-state index is 13.2. The van der Waals surface area contributed by atoms with Crippen LogP contribution in [-0.4, -0.2) is 55.8 Å². The van der Waals surface area contributed by atoms with Gasteiger partial charge in [-0.1, -0.05) is 12.1 Å². The van der Waals surface area contributed by atoms with E-state index in [9.17, 15) is 22.8 Å². The fraction of sp³-hybridized carbons (Fsp3) is 0.348. The summed E-state index contributed by atoms with van der Waals surface area (Å²) in [6.07, 6.45) is 3.54. The van der Waals surface area contributed by atoms with Gasteiger partial charge in [0.15, 0.2) is 12.4 Å². The molecule has 1 aliphatic rings. The molecule has 0 bridgehead atoms. The number of carbonyl (C=O) groups excluding carboxylic acids is 3. The Morgan fingerprint density at radius 3 is 2.33 bits per heavy atom. The molecule has 1 heterocycles. The van der Waals surface area contributed by atoms with Gasteiger partial charge in [0.25, 0.3) is 5.91 Å². The number of carbonyl (C=O) groups is 3. The first-order valence-electron chi connectivity index (χ1n) is 10.5. The van der Waals surface area contributed by atoms with Crippen molar-refractivity contribution in [2.45, 2.75) is 42.0 Å². The molecule has 0 saturated carbocycles. The van der Waals surface area contributed by atoms with Crippen LogP contribution in [0.2, 0.25) is 0 Å². The van der Waals surface area contributed by atoms with Crippen LogP contribution in [0, 0.1) is 0 Å². The van der Waals surface area contributed by atoms with Crippen LogP contribution in [0.25, 0.3) is 0 Å². The molecule has 1 amide bonds. The largest absolute Gasteiger partial charge is 0.454 e. The number of amides is 1. The minimum absolute atomic E-state index is 0.00127. The number of ketones is 1. The van der Waals surface area contributed by atoms with E-state index in [1.165, 1.54) is 31.2 Å². The summed E-state index contributed by atoms with van der Waals surface area (Å²) in [4.78, 5) is 37.4. The summed E-state index contributed by atoms with van der Waals surface area (Å²) in [7, 11) is -3.97. The Morgan fingerprint density at radius 1 is 1.06 bits per heavy atom. The van der Waals surface area contributed by atoms with E-state index in [0.717, 1.165) is 9.20 Å². The van der Waals surface area contributed by atoms with Crippen molar-refractivity contribution in [2.75, 3.05) is 24.7 Å². The lowest BCUT2D eigenvalue weighted by Crippen LogP contribution is -2.48. The van der Waals surface area contributed by atoms with Gasteiger partial charge in [-0.15, -0.1) is 11.8 Å². The summed E-state index contributed by atoms with van der Waals surface area (Å²) in [6, 6.07) is 11.8. The number of esters is 1. The molecule has 2 aromatic carbocycles. The van der Waals surface area contributed by atoms with Crippen molar-refractivity contribution < 1.29 is 27.5 Å². The molecular formula is C23H26N2O6S2. The second-order valence-electron chi connectivity index (χ2n) is 7.59. The van der Waals surface area contributed by atoms with Gasteiger partial charge in [0, 0.05) is 22.7 Å². The lowest BCUT2D eigenvalue weighted by molar-refractivity contribution is -0.152. The maximum Gasteiger partial charge on any atom is 0.324 e. The minimum Gasteiger partial charge on any atom is -0.454 e. The molecule has 1 aliphatic heterocycles. The third-order valence-corrected chi connectivity index (χ3v) is 7.98. The second-order valence-corrected chi connectivity index (χ2v) is 10.4. The Bertz CT molecular complexity index is 1110. The minimum atomic E-state index is -3.97. The first-order valence-corrected chi connectivity index (χ1v) is 13.1. The van der Waals surface area contributed by atoms with Crippen molar-refractivity contribution in [3.63, 3.8) is 0 Å². The Balaban J connectivity index is 1.65. The van der Waals surface area contributed by atoms with Crippen LogP contribution in [-0.2, 0) is 24.3 Å². The molecule has 176 valence electrons. The number of nitrogens with one attached hydrogen (secondary N) is 1. The number of benzene rings is 2. The summed E-state index contributed by atoms with van der Waals surface area (Å²) in [5, 5.41) is 2.65. The van der Waals surface area contributed by atoms with E-state index in [-0.39, 0.29) is 17.2 Å². The number of anilines is 1. The van der Waals surface area contributed by atoms with E-state index in [1.54, 1.807) is 23.9 Å². The zero-order chi connectivity index (χ0) is 24.0. The van der Waals surface area contributed by atoms with Crippen molar-refractivity contribution >= 4 is 45.1 Å². The molecule has 0 aliphatic carbocycles. The lowest BCUT2D eigenvalue weighted by Gasteiger charge is -2.33. The molecule has 1 fully saturated rings. The summed E-state index contributed by atoms with van der Waals surface area (Å²) in [5.74, 6) is -1.44. The van der Waals surface area contributed by atoms with E-state index in [0.29, 0.717) is 30.5 Å². The third kappa shape index (κ3) is 6.21. The van der Waals surface area contributed by atoms with Gasteiger partial charge in [0.05, 0.1) is 4.90 Å². The number of sulfonamides is 1. The topological polar surface area (TPSA) is 110 Å². The molecule has 33 heavy (non-hydrogen) atoms. The molecule has 0 radical (unpaired) electrons. The van der Waals surface area contributed by atoms with Gasteiger partial charge >= 0.3 is 5.97 Å². The predicted molar refractivity (Wildman–Crippen MR) is 126 cm³/mol. The normalized spacial score (nSPS) is 16.7. The third-order valence-electron chi connectivity index (χ3n) is 5.31. The zero-order valence-electron chi connectivity index (χ0n) is 18.4. The number of Topliss-reactive ketones (excluding diaryl/α,β-unsaturated/α-hetero) is 1. The number of nitrogens with zero attached hydrogens (tertiary/aromatic N) is 1. The van der Waals surface area contributed by atoms with Crippen molar-refractivity contribution in [3.05, 3.63) is 54.1 Å². The Hall–Kier alpha value is -2.69. The average Bonchev–Trinajstić information content (AvgIpc) is 2.83. The molecule has 8 nitrogen and oxygen atoms in total. The molecule has 1 unspecified atom stereocenters. The molecule has 0 aromatic heterocycles. The first-order chi connectivity index (χ1) is 15.7. The summed E-state index contributed by atoms with van der Waals surface area (Å²) < 4.78 is 32.6. The predicted octanol–water partition coefficient (Wildman–Crippen LogP) is 3.34. The van der Waals surface area contributed by atoms with Crippen LogP contribution < -0.4 is 5.32 Å². The molecule has 0 spiro atoms. The van der Waals surface area contributed by atoms with Gasteiger partial charge in [-0.05, 0) is 68.8 Å². The quantitative estimate of drug-likeness (QED) is 0.343. The smallest absolute Gasteiger partial charge is 0.324 e. The second kappa shape index (κ2) is 11.0. The highest BCUT2D eigenvalue weighted by atomic mass is 32.2. The lowest BCUT2D eigenvalue weighted by atomic mass is 10.1. The Labute approximate surface area is 197 Å². The Morgan fingerprint density at radius 2 is 1.73 bits per heavy atom. The molecular weight excluding hydrogens is 464 g/mol. The number of thioether (sulfide) groups is 1. The van der Waals surface area contributed by atoms with Crippen LogP contribution in [0.3, 0.4) is 0 Å². The molecule has 3 rings (SSSR count). The number of hydrogen-bond acceptors (Lipinski definition) is 7. The van der Waals surface area contributed by atoms with Gasteiger partial charge in [0.2, 0.25) is 10.0 Å². The van der Waals surface area contributed by atoms with E-state index < -0.39 is 34.5 Å². The fourth-order valence-corrected chi connectivity index (χ4v) is 5.58. The number of ether oxygens (including phenoxy) is 1. The van der Waals surface area contributed by atoms with Crippen molar-refractivity contribution in [1.29, 1.82) is 0 Å². The van der Waals surface area contributed by atoms with Gasteiger partial charge in [-0.25, -0.2) is 8.42 Å². The van der Waals surface area contributed by atoms with E-state index in [4.69, 9.17) is 4.74 Å². The van der Waals surface area contributed by atoms with Crippen LogP contribution in [0.1, 0.15) is 36.5 Å². The average molecular weight is 491 g/mol. The van der Waals surface area contributed by atoms with E-state index in [2.05, 4.69) is 5.32 Å². The van der Waals surface area contributed by atoms with Crippen molar-refractivity contribution in [2.24, 2.45) is 0 Å². The van der Waals surface area contributed by atoms with E-state index >= 15 is 0 Å². The van der Waals surface area contributed by atoms with E-state index in [1.807, 2.05) is 18.4 Å². The highest BCUT2D eigenvalue weighted by Crippen LogP contribution is 2.26. The van der Waals surface area contributed by atoms with Crippen molar-refractivity contribution in [1.82, 2.24) is 4.31 Å². The number of rotatable bonds is 8. The van der Waals surface area contributed by atoms with Gasteiger partial charge in [-0.2, -0.15) is 4.31 Å². The molecule has 1 atom stereocenters. The van der Waals surface area contributed by atoms with Crippen LogP contribution in [0.5, 0.6) is 0 Å². The SMILES string of the molecule is CSc1ccc(NC(=O)COC(=O)C2CCCCN2S(=O)(=O)c2ccc(C(C)=O)cc2)cc1. The highest BCUT2D eigenvalue weighted by molar-refractivity contribution is 7.98. The van der Waals surface area contributed by atoms with Crippen LogP contribution in [0.4, 0.5) is 5.69 Å². The standard InChI is InChI=1S/C23H26N2O6S2/c1-16(26)17-6-12-20(13-7-17)33(29,30)25-14-4-3-5-21(25)23(28)31-15-22(27)24-18-8-10-19(32-2)11-9-18/h6-13,21H,3-5,14-15H2,1-2H3,(H,24,27). The van der Waals surface area contributed by atoms with Gasteiger partial charge in [0.1, 0.15) is 6.04 Å². The maximum absolute atomic E-state index is 13.2. The molecule has 1 saturated heterocycles. The summed E-state index contributed by atoms with van der Waals surface area (Å²) in [6.45, 7) is 1.06. The fourth-order valence-electron chi connectivity index (χ4n) is 3.53. The zero-order valence-corrected chi connectivity index (χ0v) is 20.1. The number of piperidine rings is 1.